The third-order valence-corrected chi connectivity index (χ3v) is 2.63. The van der Waals surface area contributed by atoms with Gasteiger partial charge >= 0.3 is 0 Å². The van der Waals surface area contributed by atoms with Gasteiger partial charge in [-0.2, -0.15) is 0 Å². The van der Waals surface area contributed by atoms with Gasteiger partial charge in [0.2, 0.25) is 11.8 Å². The van der Waals surface area contributed by atoms with E-state index in [1.165, 1.54) is 4.90 Å². The summed E-state index contributed by atoms with van der Waals surface area (Å²) in [5.74, 6) is -0.404. The molecule has 84 valence electrons. The summed E-state index contributed by atoms with van der Waals surface area (Å²) in [7, 11) is 0. The first-order valence-electron chi connectivity index (χ1n) is 5.11. The van der Waals surface area contributed by atoms with Crippen LogP contribution in [0, 0.1) is 0 Å². The van der Waals surface area contributed by atoms with Crippen molar-refractivity contribution in [2.45, 2.75) is 26.3 Å². The Balaban J connectivity index is 2.80. The fraction of sp³-hybridized carbons (Fsp3) is 0.700. The standard InChI is InChI=1S/C10H16N2O3/c1-3-12-8(2)7-11(4-5-13)9(14)6-10(12)15/h5,8H,3-4,6-7H2,1-2H3. The number of aldehydes is 1. The maximum absolute atomic E-state index is 11.6. The summed E-state index contributed by atoms with van der Waals surface area (Å²) in [5.41, 5.74) is 0. The van der Waals surface area contributed by atoms with Crippen molar-refractivity contribution in [3.63, 3.8) is 0 Å². The summed E-state index contributed by atoms with van der Waals surface area (Å²) >= 11 is 0. The maximum atomic E-state index is 11.6. The normalized spacial score (nSPS) is 22.9. The Morgan fingerprint density at radius 1 is 1.40 bits per heavy atom. The molecular formula is C10H16N2O3. The lowest BCUT2D eigenvalue weighted by Crippen LogP contribution is -2.41. The monoisotopic (exact) mass is 212 g/mol. The molecule has 1 aliphatic rings. The molecule has 0 spiro atoms. The highest BCUT2D eigenvalue weighted by atomic mass is 16.2. The third-order valence-electron chi connectivity index (χ3n) is 2.63. The van der Waals surface area contributed by atoms with Crippen LogP contribution in [0.25, 0.3) is 0 Å². The lowest BCUT2D eigenvalue weighted by Gasteiger charge is -2.27. The Morgan fingerprint density at radius 2 is 2.07 bits per heavy atom. The van der Waals surface area contributed by atoms with Crippen LogP contribution in [0.15, 0.2) is 0 Å². The first-order valence-corrected chi connectivity index (χ1v) is 5.11. The molecule has 1 heterocycles. The van der Waals surface area contributed by atoms with Crippen molar-refractivity contribution in [1.82, 2.24) is 9.80 Å². The summed E-state index contributed by atoms with van der Waals surface area (Å²) in [6.45, 7) is 4.89. The first-order chi connectivity index (χ1) is 7.10. The van der Waals surface area contributed by atoms with E-state index in [0.717, 1.165) is 0 Å². The molecule has 0 radical (unpaired) electrons. The molecule has 5 heteroatoms. The van der Waals surface area contributed by atoms with Gasteiger partial charge in [0.1, 0.15) is 12.7 Å². The van der Waals surface area contributed by atoms with Crippen LogP contribution < -0.4 is 0 Å². The van der Waals surface area contributed by atoms with Gasteiger partial charge in [-0.15, -0.1) is 0 Å². The summed E-state index contributed by atoms with van der Waals surface area (Å²) in [6.07, 6.45) is 0.572. The van der Waals surface area contributed by atoms with E-state index in [9.17, 15) is 14.4 Å². The van der Waals surface area contributed by atoms with Crippen LogP contribution in [0.2, 0.25) is 0 Å². The van der Waals surface area contributed by atoms with Gasteiger partial charge in [0.05, 0.1) is 6.54 Å². The summed E-state index contributed by atoms with van der Waals surface area (Å²) in [5, 5.41) is 0. The van der Waals surface area contributed by atoms with Crippen molar-refractivity contribution >= 4 is 18.1 Å². The molecule has 1 rings (SSSR count). The molecule has 15 heavy (non-hydrogen) atoms. The Labute approximate surface area is 89.0 Å². The number of hydrogen-bond acceptors (Lipinski definition) is 3. The molecule has 0 bridgehead atoms. The molecule has 2 amide bonds. The van der Waals surface area contributed by atoms with Crippen LogP contribution in [-0.2, 0) is 14.4 Å². The van der Waals surface area contributed by atoms with Crippen LogP contribution in [0.3, 0.4) is 0 Å². The van der Waals surface area contributed by atoms with Crippen LogP contribution >= 0.6 is 0 Å². The first kappa shape index (κ1) is 11.7. The molecule has 0 saturated carbocycles. The molecule has 5 nitrogen and oxygen atoms in total. The van der Waals surface area contributed by atoms with Gasteiger partial charge in [-0.3, -0.25) is 9.59 Å². The van der Waals surface area contributed by atoms with E-state index in [1.54, 1.807) is 4.90 Å². The molecule has 1 saturated heterocycles. The second-order valence-electron chi connectivity index (χ2n) is 3.67. The molecule has 1 atom stereocenters. The van der Waals surface area contributed by atoms with Gasteiger partial charge in [-0.05, 0) is 13.8 Å². The lowest BCUT2D eigenvalue weighted by molar-refractivity contribution is -0.138. The van der Waals surface area contributed by atoms with Crippen molar-refractivity contribution in [1.29, 1.82) is 0 Å². The fourth-order valence-electron chi connectivity index (χ4n) is 1.86. The number of likely N-dealkylation sites (N-methyl/N-ethyl adjacent to an activating group) is 1. The predicted molar refractivity (Wildman–Crippen MR) is 54.1 cm³/mol. The second kappa shape index (κ2) is 4.91. The van der Waals surface area contributed by atoms with Gasteiger partial charge in [-0.25, -0.2) is 0 Å². The predicted octanol–water partition coefficient (Wildman–Crippen LogP) is -0.345. The molecule has 0 N–H and O–H groups in total. The number of rotatable bonds is 3. The Kier molecular flexibility index (Phi) is 3.82. The Hall–Kier alpha value is -1.39. The zero-order valence-electron chi connectivity index (χ0n) is 9.10. The van der Waals surface area contributed by atoms with Crippen molar-refractivity contribution in [3.05, 3.63) is 0 Å². The highest BCUT2D eigenvalue weighted by Crippen LogP contribution is 2.11. The Bertz CT molecular complexity index is 278. The Morgan fingerprint density at radius 3 is 2.60 bits per heavy atom. The zero-order valence-corrected chi connectivity index (χ0v) is 9.10. The molecular weight excluding hydrogens is 196 g/mol. The highest BCUT2D eigenvalue weighted by molar-refractivity contribution is 5.98. The van der Waals surface area contributed by atoms with Gasteiger partial charge in [-0.1, -0.05) is 0 Å². The van der Waals surface area contributed by atoms with E-state index in [2.05, 4.69) is 0 Å². The van der Waals surface area contributed by atoms with Crippen molar-refractivity contribution in [2.24, 2.45) is 0 Å². The van der Waals surface area contributed by atoms with Gasteiger partial charge in [0.25, 0.3) is 0 Å². The van der Waals surface area contributed by atoms with Crippen LogP contribution in [-0.4, -0.2) is 53.6 Å². The number of carbonyl (C=O) groups is 3. The molecule has 0 aromatic rings. The number of amides is 2. The zero-order chi connectivity index (χ0) is 11.4. The van der Waals surface area contributed by atoms with E-state index in [-0.39, 0.29) is 30.8 Å². The number of nitrogens with zero attached hydrogens (tertiary/aromatic N) is 2. The minimum atomic E-state index is -0.255. The fourth-order valence-corrected chi connectivity index (χ4v) is 1.86. The van der Waals surface area contributed by atoms with Crippen LogP contribution in [0.4, 0.5) is 0 Å². The second-order valence-corrected chi connectivity index (χ2v) is 3.67. The smallest absolute Gasteiger partial charge is 0.232 e. The highest BCUT2D eigenvalue weighted by Gasteiger charge is 2.29. The van der Waals surface area contributed by atoms with E-state index >= 15 is 0 Å². The summed E-state index contributed by atoms with van der Waals surface area (Å²) < 4.78 is 0. The van der Waals surface area contributed by atoms with E-state index in [0.29, 0.717) is 19.4 Å². The van der Waals surface area contributed by atoms with Crippen molar-refractivity contribution < 1.29 is 14.4 Å². The maximum Gasteiger partial charge on any atom is 0.232 e. The third kappa shape index (κ3) is 2.55. The SMILES string of the molecule is CCN1C(=O)CC(=O)N(CC=O)CC1C. The average molecular weight is 212 g/mol. The van der Waals surface area contributed by atoms with Gasteiger partial charge < -0.3 is 14.6 Å². The quantitative estimate of drug-likeness (QED) is 0.475. The number of hydrogen-bond donors (Lipinski definition) is 0. The molecule has 0 aromatic carbocycles. The largest absolute Gasteiger partial charge is 0.338 e. The number of carbonyl (C=O) groups excluding carboxylic acids is 3. The van der Waals surface area contributed by atoms with Crippen LogP contribution in [0.5, 0.6) is 0 Å². The molecule has 0 aliphatic carbocycles. The summed E-state index contributed by atoms with van der Waals surface area (Å²) in [6, 6.07) is -0.0195. The minimum absolute atomic E-state index is 0.0195. The van der Waals surface area contributed by atoms with Crippen molar-refractivity contribution in [3.8, 4) is 0 Å². The average Bonchev–Trinajstić information content (AvgIpc) is 2.26. The summed E-state index contributed by atoms with van der Waals surface area (Å²) in [4.78, 5) is 36.6. The van der Waals surface area contributed by atoms with E-state index in [1.807, 2.05) is 13.8 Å². The van der Waals surface area contributed by atoms with E-state index < -0.39 is 0 Å². The van der Waals surface area contributed by atoms with Crippen LogP contribution in [0.1, 0.15) is 20.3 Å². The molecule has 0 aromatic heterocycles. The van der Waals surface area contributed by atoms with Gasteiger partial charge in [0, 0.05) is 19.1 Å². The van der Waals surface area contributed by atoms with Crippen molar-refractivity contribution in [2.75, 3.05) is 19.6 Å². The van der Waals surface area contributed by atoms with Gasteiger partial charge in [0.15, 0.2) is 0 Å². The molecule has 1 aliphatic heterocycles. The topological polar surface area (TPSA) is 57.7 Å². The lowest BCUT2D eigenvalue weighted by atomic mass is 10.2. The molecule has 1 fully saturated rings. The molecule has 1 unspecified atom stereocenters. The van der Waals surface area contributed by atoms with E-state index in [4.69, 9.17) is 0 Å². The minimum Gasteiger partial charge on any atom is -0.338 e.